The molecule has 0 fully saturated rings. The average molecular weight is 478 g/mol. The van der Waals surface area contributed by atoms with Gasteiger partial charge in [0, 0.05) is 25.6 Å². The molecule has 0 radical (unpaired) electrons. The van der Waals surface area contributed by atoms with Crippen molar-refractivity contribution in [3.05, 3.63) is 53.0 Å². The molecule has 0 aliphatic rings. The number of benzene rings is 1. The predicted molar refractivity (Wildman–Crippen MR) is 120 cm³/mol. The maximum Gasteiger partial charge on any atom is 0.303 e. The van der Waals surface area contributed by atoms with Crippen molar-refractivity contribution in [2.24, 2.45) is 0 Å². The van der Waals surface area contributed by atoms with Crippen LogP contribution in [0.25, 0.3) is 22.4 Å². The van der Waals surface area contributed by atoms with E-state index in [4.69, 9.17) is 9.52 Å². The number of furan rings is 1. The number of nitrogens with one attached hydrogen (secondary N) is 2. The molecule has 33 heavy (non-hydrogen) atoms. The Kier molecular flexibility index (Phi) is 7.44. The van der Waals surface area contributed by atoms with E-state index in [2.05, 4.69) is 15.0 Å². The van der Waals surface area contributed by atoms with Gasteiger partial charge < -0.3 is 14.8 Å². The number of carboxylic acid groups (broad SMARTS) is 1. The van der Waals surface area contributed by atoms with E-state index in [-0.39, 0.29) is 42.1 Å². The zero-order valence-corrected chi connectivity index (χ0v) is 19.0. The molecule has 0 aliphatic heterocycles. The van der Waals surface area contributed by atoms with Gasteiger partial charge in [0.25, 0.3) is 5.91 Å². The van der Waals surface area contributed by atoms with Crippen LogP contribution in [0, 0.1) is 5.82 Å². The molecule has 3 N–H and O–H groups in total. The summed E-state index contributed by atoms with van der Waals surface area (Å²) in [6.07, 6.45) is 0.473. The second kappa shape index (κ2) is 10.1. The molecule has 3 aromatic rings. The molecular weight excluding hydrogens is 453 g/mol. The van der Waals surface area contributed by atoms with Crippen molar-refractivity contribution in [1.82, 2.24) is 15.0 Å². The number of halogens is 1. The van der Waals surface area contributed by atoms with Gasteiger partial charge in [0.2, 0.25) is 15.7 Å². The highest BCUT2D eigenvalue weighted by Crippen LogP contribution is 2.34. The van der Waals surface area contributed by atoms with Crippen molar-refractivity contribution in [1.29, 1.82) is 0 Å². The van der Waals surface area contributed by atoms with Crippen LogP contribution in [-0.4, -0.2) is 44.0 Å². The highest BCUT2D eigenvalue weighted by atomic mass is 32.2. The number of carboxylic acids is 1. The number of fused-ring (bicyclic) bond motifs is 1. The maximum absolute atomic E-state index is 13.4. The topological polar surface area (TPSA) is 139 Å². The van der Waals surface area contributed by atoms with Crippen LogP contribution in [0.1, 0.15) is 41.4 Å². The van der Waals surface area contributed by atoms with Gasteiger partial charge in [-0.25, -0.2) is 22.5 Å². The first-order valence-electron chi connectivity index (χ1n) is 10.3. The number of rotatable bonds is 10. The highest BCUT2D eigenvalue weighted by Gasteiger charge is 2.25. The molecule has 0 aliphatic carbocycles. The second-order valence-corrected chi connectivity index (χ2v) is 9.15. The fourth-order valence-electron chi connectivity index (χ4n) is 3.39. The van der Waals surface area contributed by atoms with Crippen molar-refractivity contribution in [2.75, 3.05) is 13.6 Å². The standard InChI is InChI=1S/C22H24FN3O6S/c1-3-13-11-16-19(21(29)24-2)20(14-6-8-15(23)9-7-14)32-22(16)26-17(13)12-33(30,31)25-10-4-5-18(27)28/h6-9,11,25H,3-5,10,12H2,1-2H3,(H,24,29)(H,27,28). The number of pyridine rings is 1. The zero-order valence-electron chi connectivity index (χ0n) is 18.1. The van der Waals surface area contributed by atoms with Gasteiger partial charge in [-0.05, 0) is 48.7 Å². The van der Waals surface area contributed by atoms with Gasteiger partial charge in [-0.1, -0.05) is 6.92 Å². The molecule has 2 aromatic heterocycles. The highest BCUT2D eigenvalue weighted by molar-refractivity contribution is 7.88. The lowest BCUT2D eigenvalue weighted by molar-refractivity contribution is -0.137. The van der Waals surface area contributed by atoms with E-state index in [0.717, 1.165) is 0 Å². The molecule has 0 atom stereocenters. The Morgan fingerprint density at radius 1 is 1.21 bits per heavy atom. The minimum atomic E-state index is -3.78. The zero-order chi connectivity index (χ0) is 24.2. The largest absolute Gasteiger partial charge is 0.481 e. The Morgan fingerprint density at radius 2 is 1.91 bits per heavy atom. The Hall–Kier alpha value is -3.31. The fraction of sp³-hybridized carbons (Fsp3) is 0.318. The van der Waals surface area contributed by atoms with Crippen molar-refractivity contribution >= 4 is 33.0 Å². The Balaban J connectivity index is 2.02. The third-order valence-electron chi connectivity index (χ3n) is 5.01. The third kappa shape index (κ3) is 5.74. The summed E-state index contributed by atoms with van der Waals surface area (Å²) in [7, 11) is -2.31. The van der Waals surface area contributed by atoms with Gasteiger partial charge in [-0.3, -0.25) is 9.59 Å². The molecule has 0 spiro atoms. The molecule has 0 unspecified atom stereocenters. The quantitative estimate of drug-likeness (QED) is 0.382. The van der Waals surface area contributed by atoms with E-state index in [1.54, 1.807) is 6.07 Å². The fourth-order valence-corrected chi connectivity index (χ4v) is 4.55. The van der Waals surface area contributed by atoms with Crippen molar-refractivity contribution in [2.45, 2.75) is 31.9 Å². The minimum absolute atomic E-state index is 0.00534. The normalized spacial score (nSPS) is 11.6. The summed E-state index contributed by atoms with van der Waals surface area (Å²) in [5, 5.41) is 11.7. The number of carbonyl (C=O) groups excluding carboxylic acids is 1. The minimum Gasteiger partial charge on any atom is -0.481 e. The Morgan fingerprint density at radius 3 is 2.52 bits per heavy atom. The van der Waals surface area contributed by atoms with Gasteiger partial charge >= 0.3 is 5.97 Å². The summed E-state index contributed by atoms with van der Waals surface area (Å²) in [4.78, 5) is 27.6. The van der Waals surface area contributed by atoms with Gasteiger partial charge in [0.1, 0.15) is 17.3 Å². The maximum atomic E-state index is 13.4. The number of aromatic nitrogens is 1. The number of amides is 1. The first-order chi connectivity index (χ1) is 15.6. The van der Waals surface area contributed by atoms with Crippen LogP contribution < -0.4 is 10.0 Å². The lowest BCUT2D eigenvalue weighted by Gasteiger charge is -2.09. The molecule has 11 heteroatoms. The molecule has 3 rings (SSSR count). The lowest BCUT2D eigenvalue weighted by atomic mass is 10.0. The third-order valence-corrected chi connectivity index (χ3v) is 6.31. The average Bonchev–Trinajstić information content (AvgIpc) is 3.14. The number of hydrogen-bond donors (Lipinski definition) is 3. The molecular formula is C22H24FN3O6S. The van der Waals surface area contributed by atoms with Crippen LogP contribution >= 0.6 is 0 Å². The van der Waals surface area contributed by atoms with Crippen LogP contribution in [0.2, 0.25) is 0 Å². The summed E-state index contributed by atoms with van der Waals surface area (Å²) in [6.45, 7) is 1.83. The summed E-state index contributed by atoms with van der Waals surface area (Å²) >= 11 is 0. The molecule has 0 saturated carbocycles. The Labute approximate surface area is 190 Å². The molecule has 2 heterocycles. The van der Waals surface area contributed by atoms with E-state index in [1.807, 2.05) is 6.92 Å². The predicted octanol–water partition coefficient (Wildman–Crippen LogP) is 2.84. The monoisotopic (exact) mass is 477 g/mol. The molecule has 9 nitrogen and oxygen atoms in total. The summed E-state index contributed by atoms with van der Waals surface area (Å²) in [5.74, 6) is -2.09. The summed E-state index contributed by atoms with van der Waals surface area (Å²) in [6, 6.07) is 7.13. The van der Waals surface area contributed by atoms with Crippen LogP contribution in [-0.2, 0) is 27.0 Å². The van der Waals surface area contributed by atoms with Gasteiger partial charge in [-0.15, -0.1) is 0 Å². The molecule has 0 bridgehead atoms. The lowest BCUT2D eigenvalue weighted by Crippen LogP contribution is -2.27. The second-order valence-electron chi connectivity index (χ2n) is 7.34. The van der Waals surface area contributed by atoms with Crippen LogP contribution in [0.3, 0.4) is 0 Å². The van der Waals surface area contributed by atoms with Gasteiger partial charge in [-0.2, -0.15) is 0 Å². The van der Waals surface area contributed by atoms with E-state index in [9.17, 15) is 22.4 Å². The van der Waals surface area contributed by atoms with Gasteiger partial charge in [0.15, 0.2) is 0 Å². The molecule has 176 valence electrons. The number of hydrogen-bond acceptors (Lipinski definition) is 6. The SMILES string of the molecule is CCc1cc2c(C(=O)NC)c(-c3ccc(F)cc3)oc2nc1CS(=O)(=O)NCCCC(=O)O. The van der Waals surface area contributed by atoms with Gasteiger partial charge in [0.05, 0.1) is 16.6 Å². The number of nitrogens with zero attached hydrogens (tertiary/aromatic N) is 1. The molecule has 0 saturated heterocycles. The van der Waals surface area contributed by atoms with Crippen LogP contribution in [0.5, 0.6) is 0 Å². The number of carbonyl (C=O) groups is 2. The van der Waals surface area contributed by atoms with E-state index >= 15 is 0 Å². The summed E-state index contributed by atoms with van der Waals surface area (Å²) < 4.78 is 46.6. The van der Waals surface area contributed by atoms with E-state index in [0.29, 0.717) is 22.9 Å². The number of aliphatic carboxylic acids is 1. The first kappa shape index (κ1) is 24.3. The first-order valence-corrected chi connectivity index (χ1v) is 11.9. The molecule has 1 aromatic carbocycles. The van der Waals surface area contributed by atoms with E-state index in [1.165, 1.54) is 31.3 Å². The van der Waals surface area contributed by atoms with Crippen molar-refractivity contribution in [3.8, 4) is 11.3 Å². The smallest absolute Gasteiger partial charge is 0.303 e. The van der Waals surface area contributed by atoms with Crippen molar-refractivity contribution in [3.63, 3.8) is 0 Å². The Bertz CT molecular complexity index is 1290. The van der Waals surface area contributed by atoms with Crippen LogP contribution in [0.15, 0.2) is 34.7 Å². The number of aryl methyl sites for hydroxylation is 1. The number of sulfonamides is 1. The summed E-state index contributed by atoms with van der Waals surface area (Å²) in [5.41, 5.74) is 1.66. The van der Waals surface area contributed by atoms with Crippen LogP contribution in [0.4, 0.5) is 4.39 Å². The van der Waals surface area contributed by atoms with E-state index < -0.39 is 33.5 Å². The van der Waals surface area contributed by atoms with Crippen molar-refractivity contribution < 1.29 is 31.9 Å². The molecule has 1 amide bonds.